The van der Waals surface area contributed by atoms with Gasteiger partial charge in [0.25, 0.3) is 0 Å². The third-order valence-corrected chi connectivity index (χ3v) is 2.77. The van der Waals surface area contributed by atoms with Crippen LogP contribution in [0.15, 0.2) is 34.9 Å². The van der Waals surface area contributed by atoms with Gasteiger partial charge in [-0.05, 0) is 30.7 Å². The largest absolute Gasteiger partial charge is 0.469 e. The fraction of sp³-hybridized carbons (Fsp3) is 0.231. The molecule has 2 N–H and O–H groups in total. The fourth-order valence-corrected chi connectivity index (χ4v) is 1.77. The maximum Gasteiger partial charge on any atom is 0.419 e. The summed E-state index contributed by atoms with van der Waals surface area (Å²) in [6.45, 7) is 1.71. The summed E-state index contributed by atoms with van der Waals surface area (Å²) in [5, 5.41) is 0. The van der Waals surface area contributed by atoms with Crippen LogP contribution in [0.2, 0.25) is 0 Å². The molecule has 0 radical (unpaired) electrons. The van der Waals surface area contributed by atoms with Crippen molar-refractivity contribution in [3.05, 3.63) is 58.8 Å². The summed E-state index contributed by atoms with van der Waals surface area (Å²) in [7, 11) is 0. The van der Waals surface area contributed by atoms with E-state index in [4.69, 9.17) is 10.2 Å². The lowest BCUT2D eigenvalue weighted by molar-refractivity contribution is -0.140. The van der Waals surface area contributed by atoms with Crippen LogP contribution in [-0.4, -0.2) is 0 Å². The van der Waals surface area contributed by atoms with Crippen molar-refractivity contribution >= 4 is 0 Å². The van der Waals surface area contributed by atoms with Gasteiger partial charge in [0.05, 0.1) is 17.9 Å². The van der Waals surface area contributed by atoms with Crippen LogP contribution in [0.5, 0.6) is 0 Å². The molecule has 1 atom stereocenters. The Labute approximate surface area is 106 Å². The number of aryl methyl sites for hydroxylation is 1. The van der Waals surface area contributed by atoms with Crippen molar-refractivity contribution < 1.29 is 22.0 Å². The Morgan fingerprint density at radius 1 is 1.16 bits per heavy atom. The van der Waals surface area contributed by atoms with Gasteiger partial charge in [-0.15, -0.1) is 0 Å². The number of hydrogen-bond donors (Lipinski definition) is 1. The van der Waals surface area contributed by atoms with Gasteiger partial charge in [-0.2, -0.15) is 13.2 Å². The highest BCUT2D eigenvalue weighted by molar-refractivity contribution is 5.34. The molecule has 1 aromatic carbocycles. The van der Waals surface area contributed by atoms with Gasteiger partial charge < -0.3 is 10.2 Å². The SMILES string of the molecule is Cc1cc(C(N)c2ccc(C(F)(F)F)c(F)c2)co1. The highest BCUT2D eigenvalue weighted by Gasteiger charge is 2.34. The predicted octanol–water partition coefficient (Wildman–Crippen LogP) is 3.79. The Morgan fingerprint density at radius 3 is 2.32 bits per heavy atom. The topological polar surface area (TPSA) is 39.2 Å². The van der Waals surface area contributed by atoms with Gasteiger partial charge in [0.2, 0.25) is 0 Å². The van der Waals surface area contributed by atoms with E-state index in [1.807, 2.05) is 0 Å². The van der Waals surface area contributed by atoms with E-state index < -0.39 is 23.6 Å². The highest BCUT2D eigenvalue weighted by Crippen LogP contribution is 2.33. The summed E-state index contributed by atoms with van der Waals surface area (Å²) < 4.78 is 55.8. The molecule has 0 aliphatic heterocycles. The zero-order valence-corrected chi connectivity index (χ0v) is 9.96. The van der Waals surface area contributed by atoms with Crippen LogP contribution in [0.25, 0.3) is 0 Å². The van der Waals surface area contributed by atoms with Gasteiger partial charge in [-0.25, -0.2) is 4.39 Å². The molecule has 2 nitrogen and oxygen atoms in total. The van der Waals surface area contributed by atoms with Crippen molar-refractivity contribution in [2.75, 3.05) is 0 Å². The van der Waals surface area contributed by atoms with E-state index in [1.54, 1.807) is 13.0 Å². The number of benzene rings is 1. The number of hydrogen-bond acceptors (Lipinski definition) is 2. The third kappa shape index (κ3) is 2.78. The normalized spacial score (nSPS) is 13.6. The summed E-state index contributed by atoms with van der Waals surface area (Å²) in [6, 6.07) is 3.58. The predicted molar refractivity (Wildman–Crippen MR) is 60.9 cm³/mol. The van der Waals surface area contributed by atoms with Crippen LogP contribution in [0.3, 0.4) is 0 Å². The van der Waals surface area contributed by atoms with Gasteiger partial charge in [-0.3, -0.25) is 0 Å². The van der Waals surface area contributed by atoms with Crippen LogP contribution in [-0.2, 0) is 6.18 Å². The third-order valence-electron chi connectivity index (χ3n) is 2.77. The molecular formula is C13H11F4NO. The first-order chi connectivity index (χ1) is 8.79. The molecule has 2 rings (SSSR count). The quantitative estimate of drug-likeness (QED) is 0.845. The average molecular weight is 273 g/mol. The molecule has 0 aliphatic carbocycles. The van der Waals surface area contributed by atoms with E-state index in [-0.39, 0.29) is 5.56 Å². The standard InChI is InChI=1S/C13H11F4NO/c1-7-4-9(6-19-7)12(18)8-2-3-10(11(14)5-8)13(15,16)17/h2-6,12H,18H2,1H3. The first-order valence-corrected chi connectivity index (χ1v) is 5.46. The molecule has 0 bridgehead atoms. The second kappa shape index (κ2) is 4.70. The van der Waals surface area contributed by atoms with Gasteiger partial charge in [-0.1, -0.05) is 6.07 Å². The maximum absolute atomic E-state index is 13.4. The number of rotatable bonds is 2. The van der Waals surface area contributed by atoms with Crippen LogP contribution in [0.4, 0.5) is 17.6 Å². The van der Waals surface area contributed by atoms with E-state index in [2.05, 4.69) is 0 Å². The van der Waals surface area contributed by atoms with Crippen LogP contribution < -0.4 is 5.73 Å². The lowest BCUT2D eigenvalue weighted by atomic mass is 10.00. The number of furan rings is 1. The maximum atomic E-state index is 13.4. The summed E-state index contributed by atoms with van der Waals surface area (Å²) in [4.78, 5) is 0. The minimum atomic E-state index is -4.71. The summed E-state index contributed by atoms with van der Waals surface area (Å²) in [5.74, 6) is -0.710. The summed E-state index contributed by atoms with van der Waals surface area (Å²) in [5.41, 5.74) is 5.39. The molecule has 19 heavy (non-hydrogen) atoms. The van der Waals surface area contributed by atoms with Crippen LogP contribution in [0.1, 0.15) is 28.5 Å². The fourth-order valence-electron chi connectivity index (χ4n) is 1.77. The lowest BCUT2D eigenvalue weighted by Gasteiger charge is -2.13. The molecular weight excluding hydrogens is 262 g/mol. The van der Waals surface area contributed by atoms with Gasteiger partial charge >= 0.3 is 6.18 Å². The highest BCUT2D eigenvalue weighted by atomic mass is 19.4. The number of halogens is 4. The number of alkyl halides is 3. The molecule has 1 heterocycles. The van der Waals surface area contributed by atoms with E-state index >= 15 is 0 Å². The monoisotopic (exact) mass is 273 g/mol. The molecule has 0 saturated heterocycles. The van der Waals surface area contributed by atoms with Crippen molar-refractivity contribution in [3.63, 3.8) is 0 Å². The minimum Gasteiger partial charge on any atom is -0.469 e. The van der Waals surface area contributed by atoms with Gasteiger partial charge in [0.1, 0.15) is 11.6 Å². The van der Waals surface area contributed by atoms with Gasteiger partial charge in [0.15, 0.2) is 0 Å². The van der Waals surface area contributed by atoms with Crippen molar-refractivity contribution in [1.29, 1.82) is 0 Å². The Bertz CT molecular complexity index is 589. The van der Waals surface area contributed by atoms with Crippen molar-refractivity contribution in [3.8, 4) is 0 Å². The van der Waals surface area contributed by atoms with Crippen molar-refractivity contribution in [1.82, 2.24) is 0 Å². The minimum absolute atomic E-state index is 0.256. The molecule has 0 fully saturated rings. The van der Waals surface area contributed by atoms with Crippen molar-refractivity contribution in [2.24, 2.45) is 5.73 Å². The lowest BCUT2D eigenvalue weighted by Crippen LogP contribution is -2.13. The van der Waals surface area contributed by atoms with Gasteiger partial charge in [0, 0.05) is 5.56 Å². The Hall–Kier alpha value is -1.82. The number of nitrogens with two attached hydrogens (primary N) is 1. The molecule has 6 heteroatoms. The second-order valence-corrected chi connectivity index (χ2v) is 4.21. The molecule has 2 aromatic rings. The van der Waals surface area contributed by atoms with Crippen molar-refractivity contribution in [2.45, 2.75) is 19.1 Å². The summed E-state index contributed by atoms with van der Waals surface area (Å²) in [6.07, 6.45) is -3.31. The van der Waals surface area contributed by atoms with Crippen LogP contribution in [0, 0.1) is 12.7 Å². The second-order valence-electron chi connectivity index (χ2n) is 4.21. The van der Waals surface area contributed by atoms with E-state index in [0.29, 0.717) is 17.4 Å². The molecule has 0 spiro atoms. The molecule has 0 amide bonds. The summed E-state index contributed by atoms with van der Waals surface area (Å²) >= 11 is 0. The Balaban J connectivity index is 2.35. The average Bonchev–Trinajstić information content (AvgIpc) is 2.73. The van der Waals surface area contributed by atoms with E-state index in [9.17, 15) is 17.6 Å². The first-order valence-electron chi connectivity index (χ1n) is 5.46. The Morgan fingerprint density at radius 2 is 1.84 bits per heavy atom. The van der Waals surface area contributed by atoms with E-state index in [0.717, 1.165) is 6.07 Å². The molecule has 0 saturated carbocycles. The molecule has 0 aliphatic rings. The van der Waals surface area contributed by atoms with Crippen LogP contribution >= 0.6 is 0 Å². The molecule has 1 aromatic heterocycles. The molecule has 102 valence electrons. The first kappa shape index (κ1) is 13.6. The zero-order valence-electron chi connectivity index (χ0n) is 9.96. The smallest absolute Gasteiger partial charge is 0.419 e. The molecule has 1 unspecified atom stereocenters. The zero-order chi connectivity index (χ0) is 14.2. The Kier molecular flexibility index (Phi) is 3.36. The van der Waals surface area contributed by atoms with E-state index in [1.165, 1.54) is 12.3 Å².